The average molecular weight is 327 g/mol. The minimum atomic E-state index is 0. The van der Waals surface area contributed by atoms with Gasteiger partial charge in [0.15, 0.2) is 0 Å². The van der Waals surface area contributed by atoms with E-state index in [1.165, 1.54) is 0 Å². The number of fused-ring (bicyclic) bond motifs is 1. The Morgan fingerprint density at radius 2 is 1.90 bits per heavy atom. The summed E-state index contributed by atoms with van der Waals surface area (Å²) in [5.41, 5.74) is 8.41. The van der Waals surface area contributed by atoms with E-state index in [-0.39, 0.29) is 24.8 Å². The third kappa shape index (κ3) is 3.77. The lowest BCUT2D eigenvalue weighted by molar-refractivity contribution is 0.308. The van der Waals surface area contributed by atoms with Gasteiger partial charge in [-0.15, -0.1) is 29.9 Å². The maximum Gasteiger partial charge on any atom is 0.257 e. The van der Waals surface area contributed by atoms with Crippen LogP contribution in [-0.4, -0.2) is 21.2 Å². The number of anilines is 1. The smallest absolute Gasteiger partial charge is 0.257 e. The van der Waals surface area contributed by atoms with Crippen molar-refractivity contribution in [2.45, 2.75) is 6.42 Å². The number of nitrogens with zero attached hydrogens (tertiary/aromatic N) is 3. The van der Waals surface area contributed by atoms with Crippen LogP contribution in [0.25, 0.3) is 5.52 Å². The number of hydrogen-bond donors (Lipinski definition) is 1. The third-order valence-electron chi connectivity index (χ3n) is 2.87. The molecule has 3 aromatic rings. The fraction of sp³-hybridized carbons (Fsp3) is 0.143. The zero-order valence-corrected chi connectivity index (χ0v) is 12.8. The van der Waals surface area contributed by atoms with E-state index in [1.54, 1.807) is 10.7 Å². The number of nitrogen functional groups attached to an aromatic ring is 1. The van der Waals surface area contributed by atoms with Crippen LogP contribution in [0.2, 0.25) is 0 Å². The van der Waals surface area contributed by atoms with Crippen LogP contribution in [0.15, 0.2) is 48.8 Å². The largest absolute Gasteiger partial charge is 0.475 e. The number of hydrogen-bond acceptors (Lipinski definition) is 4. The molecular formula is C14H16Cl2N4O. The summed E-state index contributed by atoms with van der Waals surface area (Å²) in [6.45, 7) is 0.505. The number of aromatic nitrogens is 3. The van der Waals surface area contributed by atoms with Gasteiger partial charge in [-0.05, 0) is 24.3 Å². The van der Waals surface area contributed by atoms with Crippen molar-refractivity contribution < 1.29 is 4.74 Å². The molecule has 0 aliphatic carbocycles. The maximum atomic E-state index is 5.99. The Kier molecular flexibility index (Phi) is 6.27. The highest BCUT2D eigenvalue weighted by Crippen LogP contribution is 2.24. The van der Waals surface area contributed by atoms with Gasteiger partial charge in [0.1, 0.15) is 5.69 Å². The third-order valence-corrected chi connectivity index (χ3v) is 2.87. The van der Waals surface area contributed by atoms with E-state index in [9.17, 15) is 0 Å². The van der Waals surface area contributed by atoms with E-state index in [0.29, 0.717) is 18.2 Å². The minimum Gasteiger partial charge on any atom is -0.475 e. The summed E-state index contributed by atoms with van der Waals surface area (Å²) in [6.07, 6.45) is 4.35. The van der Waals surface area contributed by atoms with Crippen molar-refractivity contribution >= 4 is 36.0 Å². The highest BCUT2D eigenvalue weighted by atomic mass is 35.5. The molecule has 0 radical (unpaired) electrons. The van der Waals surface area contributed by atoms with Gasteiger partial charge in [-0.25, -0.2) is 4.52 Å². The molecule has 0 spiro atoms. The van der Waals surface area contributed by atoms with E-state index < -0.39 is 0 Å². The molecule has 0 amide bonds. The van der Waals surface area contributed by atoms with Gasteiger partial charge >= 0.3 is 0 Å². The van der Waals surface area contributed by atoms with Crippen molar-refractivity contribution in [1.29, 1.82) is 0 Å². The summed E-state index contributed by atoms with van der Waals surface area (Å²) in [5.74, 6) is 0.474. The first kappa shape index (κ1) is 17.1. The maximum absolute atomic E-state index is 5.99. The Morgan fingerprint density at radius 1 is 1.10 bits per heavy atom. The molecule has 0 aromatic carbocycles. The molecule has 0 aliphatic heterocycles. The van der Waals surface area contributed by atoms with E-state index in [4.69, 9.17) is 10.5 Å². The summed E-state index contributed by atoms with van der Waals surface area (Å²) in [4.78, 5) is 4.24. The molecule has 0 bridgehead atoms. The SMILES string of the molecule is Cl.Cl.Nc1c(OCCc2ccccn2)nn2ccccc12. The van der Waals surface area contributed by atoms with Crippen molar-refractivity contribution in [3.05, 3.63) is 54.5 Å². The standard InChI is InChI=1S/C14H14N4O.2ClH/c15-13-12-6-2-4-9-18(12)17-14(13)19-10-7-11-5-1-3-8-16-11;;/h1-6,8-9H,7,10,15H2;2*1H. The fourth-order valence-electron chi connectivity index (χ4n) is 1.90. The van der Waals surface area contributed by atoms with Crippen LogP contribution in [-0.2, 0) is 6.42 Å². The van der Waals surface area contributed by atoms with Crippen LogP contribution in [0, 0.1) is 0 Å². The van der Waals surface area contributed by atoms with Crippen molar-refractivity contribution in [3.63, 3.8) is 0 Å². The molecule has 2 N–H and O–H groups in total. The van der Waals surface area contributed by atoms with Gasteiger partial charge in [0.05, 0.1) is 12.1 Å². The van der Waals surface area contributed by atoms with Crippen LogP contribution >= 0.6 is 24.8 Å². The molecule has 0 fully saturated rings. The first-order chi connectivity index (χ1) is 9.34. The monoisotopic (exact) mass is 326 g/mol. The molecule has 0 saturated heterocycles. The molecule has 5 nitrogen and oxygen atoms in total. The van der Waals surface area contributed by atoms with Gasteiger partial charge in [-0.2, -0.15) is 0 Å². The van der Waals surface area contributed by atoms with Crippen LogP contribution in [0.1, 0.15) is 5.69 Å². The molecule has 112 valence electrons. The van der Waals surface area contributed by atoms with Gasteiger partial charge in [-0.3, -0.25) is 4.98 Å². The summed E-state index contributed by atoms with van der Waals surface area (Å²) in [7, 11) is 0. The normalized spacial score (nSPS) is 9.71. The summed E-state index contributed by atoms with van der Waals surface area (Å²) in [6, 6.07) is 11.6. The highest BCUT2D eigenvalue weighted by Gasteiger charge is 2.09. The molecule has 0 atom stereocenters. The lowest BCUT2D eigenvalue weighted by atomic mass is 10.3. The molecule has 0 saturated carbocycles. The molecule has 21 heavy (non-hydrogen) atoms. The van der Waals surface area contributed by atoms with Gasteiger partial charge in [0.25, 0.3) is 5.88 Å². The van der Waals surface area contributed by atoms with Crippen molar-refractivity contribution in [2.75, 3.05) is 12.3 Å². The number of nitrogens with two attached hydrogens (primary N) is 1. The zero-order valence-electron chi connectivity index (χ0n) is 11.2. The number of pyridine rings is 2. The lowest BCUT2D eigenvalue weighted by Crippen LogP contribution is -2.04. The second-order valence-corrected chi connectivity index (χ2v) is 4.17. The quantitative estimate of drug-likeness (QED) is 0.800. The molecule has 3 heterocycles. The van der Waals surface area contributed by atoms with E-state index in [2.05, 4.69) is 10.1 Å². The lowest BCUT2D eigenvalue weighted by Gasteiger charge is -2.02. The summed E-state index contributed by atoms with van der Waals surface area (Å²) < 4.78 is 7.34. The van der Waals surface area contributed by atoms with E-state index in [0.717, 1.165) is 17.6 Å². The molecule has 7 heteroatoms. The van der Waals surface area contributed by atoms with Crippen LogP contribution in [0.4, 0.5) is 5.69 Å². The minimum absolute atomic E-state index is 0. The predicted octanol–water partition coefficient (Wildman–Crippen LogP) is 2.78. The van der Waals surface area contributed by atoms with Crippen LogP contribution in [0.5, 0.6) is 5.88 Å². The Balaban J connectivity index is 0.00000110. The Bertz CT molecular complexity index is 688. The van der Waals surface area contributed by atoms with Crippen LogP contribution in [0.3, 0.4) is 0 Å². The average Bonchev–Trinajstić information content (AvgIpc) is 2.78. The first-order valence-corrected chi connectivity index (χ1v) is 6.10. The van der Waals surface area contributed by atoms with Gasteiger partial charge in [0, 0.05) is 24.5 Å². The van der Waals surface area contributed by atoms with Crippen LogP contribution < -0.4 is 10.5 Å². The molecule has 0 aliphatic rings. The highest BCUT2D eigenvalue weighted by molar-refractivity contribution is 5.85. The van der Waals surface area contributed by atoms with Gasteiger partial charge < -0.3 is 10.5 Å². The second kappa shape index (κ2) is 7.71. The number of rotatable bonds is 4. The molecule has 0 unspecified atom stereocenters. The number of halogens is 2. The molecule has 3 rings (SSSR count). The number of ether oxygens (including phenoxy) is 1. The topological polar surface area (TPSA) is 65.4 Å². The zero-order chi connectivity index (χ0) is 13.1. The summed E-state index contributed by atoms with van der Waals surface area (Å²) in [5, 5.41) is 4.29. The Hall–Kier alpha value is -1.98. The molecular weight excluding hydrogens is 311 g/mol. The van der Waals surface area contributed by atoms with Crippen molar-refractivity contribution in [3.8, 4) is 5.88 Å². The first-order valence-electron chi connectivity index (χ1n) is 6.10. The second-order valence-electron chi connectivity index (χ2n) is 4.17. The Morgan fingerprint density at radius 3 is 2.62 bits per heavy atom. The van der Waals surface area contributed by atoms with E-state index >= 15 is 0 Å². The van der Waals surface area contributed by atoms with Gasteiger partial charge in [0.2, 0.25) is 0 Å². The fourth-order valence-corrected chi connectivity index (χ4v) is 1.90. The van der Waals surface area contributed by atoms with Crippen molar-refractivity contribution in [1.82, 2.24) is 14.6 Å². The van der Waals surface area contributed by atoms with Crippen molar-refractivity contribution in [2.24, 2.45) is 0 Å². The Labute approximate surface area is 135 Å². The van der Waals surface area contributed by atoms with E-state index in [1.807, 2.05) is 42.6 Å². The predicted molar refractivity (Wildman–Crippen MR) is 87.5 cm³/mol. The molecule has 3 aromatic heterocycles. The summed E-state index contributed by atoms with van der Waals surface area (Å²) >= 11 is 0. The van der Waals surface area contributed by atoms with Gasteiger partial charge in [-0.1, -0.05) is 12.1 Å².